The third kappa shape index (κ3) is 0.697. The molecule has 62 valence electrons. The summed E-state index contributed by atoms with van der Waals surface area (Å²) in [5, 5.41) is 8.90. The normalized spacial score (nSPS) is 39.7. The van der Waals surface area contributed by atoms with Crippen molar-refractivity contribution in [3.8, 4) is 0 Å². The van der Waals surface area contributed by atoms with Gasteiger partial charge in [0, 0.05) is 0 Å². The van der Waals surface area contributed by atoms with Crippen LogP contribution in [0.15, 0.2) is 12.7 Å². The molecule has 0 spiro atoms. The van der Waals surface area contributed by atoms with Gasteiger partial charge in [0.1, 0.15) is 0 Å². The molecule has 0 aromatic rings. The van der Waals surface area contributed by atoms with Crippen LogP contribution in [0.4, 0.5) is 0 Å². The van der Waals surface area contributed by atoms with E-state index in [1.165, 1.54) is 0 Å². The predicted molar refractivity (Wildman–Crippen MR) is 43.2 cm³/mol. The van der Waals surface area contributed by atoms with E-state index >= 15 is 0 Å². The van der Waals surface area contributed by atoms with Crippen LogP contribution in [0, 0.1) is 16.7 Å². The molecule has 11 heavy (non-hydrogen) atoms. The lowest BCUT2D eigenvalue weighted by atomic mass is 9.99. The zero-order valence-corrected chi connectivity index (χ0v) is 7.22. The van der Waals surface area contributed by atoms with Gasteiger partial charge < -0.3 is 5.11 Å². The van der Waals surface area contributed by atoms with E-state index in [1.807, 2.05) is 13.8 Å². The van der Waals surface area contributed by atoms with Crippen LogP contribution in [0.1, 0.15) is 20.8 Å². The first-order valence-electron chi connectivity index (χ1n) is 3.75. The molecule has 0 aliphatic heterocycles. The lowest BCUT2D eigenvalue weighted by Gasteiger charge is -2.06. The largest absolute Gasteiger partial charge is 0.481 e. The maximum atomic E-state index is 10.8. The average molecular weight is 154 g/mol. The van der Waals surface area contributed by atoms with Gasteiger partial charge in [0.2, 0.25) is 0 Å². The van der Waals surface area contributed by atoms with Crippen molar-refractivity contribution in [3.05, 3.63) is 12.7 Å². The van der Waals surface area contributed by atoms with E-state index in [-0.39, 0.29) is 11.3 Å². The fraction of sp³-hybridized carbons (Fsp3) is 0.667. The molecule has 2 unspecified atom stereocenters. The summed E-state index contributed by atoms with van der Waals surface area (Å²) in [4.78, 5) is 10.8. The van der Waals surface area contributed by atoms with Crippen LogP contribution in [0.2, 0.25) is 0 Å². The molecule has 1 saturated carbocycles. The summed E-state index contributed by atoms with van der Waals surface area (Å²) in [7, 11) is 0. The van der Waals surface area contributed by atoms with Crippen LogP contribution in [0.3, 0.4) is 0 Å². The van der Waals surface area contributed by atoms with E-state index in [2.05, 4.69) is 6.58 Å². The zero-order valence-electron chi connectivity index (χ0n) is 7.22. The first-order valence-corrected chi connectivity index (χ1v) is 3.75. The number of hydrogen-bond donors (Lipinski definition) is 1. The molecule has 2 nitrogen and oxygen atoms in total. The van der Waals surface area contributed by atoms with Crippen molar-refractivity contribution in [3.63, 3.8) is 0 Å². The fourth-order valence-electron chi connectivity index (χ4n) is 1.96. The number of allylic oxidation sites excluding steroid dienone is 1. The van der Waals surface area contributed by atoms with Crippen molar-refractivity contribution in [2.45, 2.75) is 20.8 Å². The number of aliphatic carboxylic acids is 1. The molecular weight excluding hydrogens is 140 g/mol. The van der Waals surface area contributed by atoms with Crippen LogP contribution in [-0.2, 0) is 4.79 Å². The molecule has 2 heteroatoms. The van der Waals surface area contributed by atoms with Crippen LogP contribution in [-0.4, -0.2) is 11.1 Å². The maximum Gasteiger partial charge on any atom is 0.310 e. The summed E-state index contributed by atoms with van der Waals surface area (Å²) in [6.45, 7) is 9.34. The Kier molecular flexibility index (Phi) is 1.41. The molecule has 0 radical (unpaired) electrons. The Bertz CT molecular complexity index is 218. The summed E-state index contributed by atoms with van der Waals surface area (Å²) >= 11 is 0. The highest BCUT2D eigenvalue weighted by Gasteiger charge is 2.71. The number of carbonyl (C=O) groups is 1. The van der Waals surface area contributed by atoms with E-state index in [1.54, 1.807) is 13.0 Å². The minimum absolute atomic E-state index is 0.118. The van der Waals surface area contributed by atoms with Gasteiger partial charge >= 0.3 is 5.97 Å². The molecule has 1 fully saturated rings. The highest BCUT2D eigenvalue weighted by Crippen LogP contribution is 2.69. The number of carboxylic acids is 1. The standard InChI is InChI=1S/C9H14O2/c1-5-6-8(2,3)9(6,4)7(10)11/h5-6H,1H2,2-4H3,(H,10,11). The first kappa shape index (κ1) is 8.31. The first-order chi connectivity index (χ1) is 4.89. The van der Waals surface area contributed by atoms with Crippen molar-refractivity contribution in [2.24, 2.45) is 16.7 Å². The molecule has 0 aromatic carbocycles. The molecule has 1 rings (SSSR count). The van der Waals surface area contributed by atoms with Gasteiger partial charge in [-0.15, -0.1) is 6.58 Å². The second kappa shape index (κ2) is 1.87. The lowest BCUT2D eigenvalue weighted by molar-refractivity contribution is -0.144. The van der Waals surface area contributed by atoms with Gasteiger partial charge in [-0.2, -0.15) is 0 Å². The quantitative estimate of drug-likeness (QED) is 0.617. The molecule has 0 aromatic heterocycles. The summed E-state index contributed by atoms with van der Waals surface area (Å²) < 4.78 is 0. The van der Waals surface area contributed by atoms with E-state index in [0.29, 0.717) is 0 Å². The zero-order chi connectivity index (χ0) is 8.86. The highest BCUT2D eigenvalue weighted by molar-refractivity contribution is 5.80. The minimum Gasteiger partial charge on any atom is -0.481 e. The van der Waals surface area contributed by atoms with Gasteiger partial charge in [-0.25, -0.2) is 0 Å². The van der Waals surface area contributed by atoms with Crippen LogP contribution in [0.25, 0.3) is 0 Å². The van der Waals surface area contributed by atoms with Crippen LogP contribution in [0.5, 0.6) is 0 Å². The molecule has 1 N–H and O–H groups in total. The molecule has 1 aliphatic carbocycles. The van der Waals surface area contributed by atoms with Crippen molar-refractivity contribution >= 4 is 5.97 Å². The van der Waals surface area contributed by atoms with Crippen LogP contribution < -0.4 is 0 Å². The minimum atomic E-state index is -0.715. The smallest absolute Gasteiger partial charge is 0.310 e. The summed E-state index contributed by atoms with van der Waals surface area (Å²) in [6.07, 6.45) is 1.74. The number of rotatable bonds is 2. The van der Waals surface area contributed by atoms with Gasteiger partial charge in [0.15, 0.2) is 0 Å². The van der Waals surface area contributed by atoms with E-state index in [0.717, 1.165) is 0 Å². The molecule has 1 aliphatic rings. The Morgan fingerprint density at radius 1 is 1.55 bits per heavy atom. The van der Waals surface area contributed by atoms with Gasteiger partial charge in [-0.3, -0.25) is 4.79 Å². The van der Waals surface area contributed by atoms with Gasteiger partial charge in [-0.05, 0) is 18.3 Å². The van der Waals surface area contributed by atoms with E-state index in [9.17, 15) is 4.79 Å². The Hall–Kier alpha value is -0.790. The third-order valence-corrected chi connectivity index (χ3v) is 3.33. The molecule has 0 amide bonds. The Balaban J connectivity index is 2.95. The summed E-state index contributed by atoms with van der Waals surface area (Å²) in [5.41, 5.74) is -0.713. The van der Waals surface area contributed by atoms with Crippen LogP contribution >= 0.6 is 0 Å². The molecule has 2 atom stereocenters. The fourth-order valence-corrected chi connectivity index (χ4v) is 1.96. The summed E-state index contributed by atoms with van der Waals surface area (Å²) in [5.74, 6) is -0.597. The average Bonchev–Trinajstić information content (AvgIpc) is 2.29. The van der Waals surface area contributed by atoms with Gasteiger partial charge in [0.25, 0.3) is 0 Å². The summed E-state index contributed by atoms with van der Waals surface area (Å²) in [6, 6.07) is 0. The topological polar surface area (TPSA) is 37.3 Å². The molecule has 0 heterocycles. The Morgan fingerprint density at radius 3 is 2.09 bits per heavy atom. The predicted octanol–water partition coefficient (Wildman–Crippen LogP) is 1.92. The number of hydrogen-bond acceptors (Lipinski definition) is 1. The maximum absolute atomic E-state index is 10.8. The Labute approximate surface area is 66.9 Å². The molecule has 0 bridgehead atoms. The Morgan fingerprint density at radius 2 is 2.00 bits per heavy atom. The monoisotopic (exact) mass is 154 g/mol. The third-order valence-electron chi connectivity index (χ3n) is 3.33. The van der Waals surface area contributed by atoms with E-state index < -0.39 is 11.4 Å². The number of carboxylic acid groups (broad SMARTS) is 1. The van der Waals surface area contributed by atoms with Crippen molar-refractivity contribution in [1.82, 2.24) is 0 Å². The second-order valence-corrected chi connectivity index (χ2v) is 3.94. The molecular formula is C9H14O2. The van der Waals surface area contributed by atoms with Gasteiger partial charge in [0.05, 0.1) is 5.41 Å². The highest BCUT2D eigenvalue weighted by atomic mass is 16.4. The van der Waals surface area contributed by atoms with E-state index in [4.69, 9.17) is 5.11 Å². The van der Waals surface area contributed by atoms with Crippen molar-refractivity contribution < 1.29 is 9.90 Å². The van der Waals surface area contributed by atoms with Gasteiger partial charge in [-0.1, -0.05) is 19.9 Å². The lowest BCUT2D eigenvalue weighted by Crippen LogP contribution is -2.16. The van der Waals surface area contributed by atoms with Crippen molar-refractivity contribution in [1.29, 1.82) is 0 Å². The van der Waals surface area contributed by atoms with Crippen molar-refractivity contribution in [2.75, 3.05) is 0 Å². The molecule has 0 saturated heterocycles. The second-order valence-electron chi connectivity index (χ2n) is 3.94. The SMILES string of the molecule is C=CC1C(C)(C)C1(C)C(=O)O.